The second-order valence-electron chi connectivity index (χ2n) is 1.59. The van der Waals surface area contributed by atoms with Gasteiger partial charge in [0.2, 0.25) is 0 Å². The highest BCUT2D eigenvalue weighted by Crippen LogP contribution is 2.13. The second-order valence-corrected chi connectivity index (χ2v) is 1.59. The van der Waals surface area contributed by atoms with Crippen molar-refractivity contribution >= 4 is 0 Å². The zero-order valence-electron chi connectivity index (χ0n) is 3.63. The molecule has 0 spiro atoms. The van der Waals surface area contributed by atoms with Gasteiger partial charge in [-0.3, -0.25) is 5.32 Å². The van der Waals surface area contributed by atoms with Crippen LogP contribution in [0.1, 0.15) is 0 Å². The molecule has 0 aromatic heterocycles. The normalized spacial score (nSPS) is 45.7. The first kappa shape index (κ1) is 3.60. The zero-order valence-corrected chi connectivity index (χ0v) is 3.63. The minimum atomic E-state index is 0.0185. The third kappa shape index (κ3) is 0.397. The van der Waals surface area contributed by atoms with Crippen molar-refractivity contribution in [3.05, 3.63) is 12.2 Å². The monoisotopic (exact) mass is 99.0 g/mol. The molecule has 1 saturated heterocycles. The molecule has 2 aliphatic rings. The molecular formula is C4H5NO2. The maximum atomic E-state index is 4.65. The van der Waals surface area contributed by atoms with Gasteiger partial charge in [0.05, 0.1) is 0 Å². The van der Waals surface area contributed by atoms with Gasteiger partial charge in [-0.1, -0.05) is 0 Å². The molecule has 1 fully saturated rings. The first-order chi connectivity index (χ1) is 3.45. The number of hydrogen-bond donors (Lipinski definition) is 1. The van der Waals surface area contributed by atoms with E-state index in [0.29, 0.717) is 0 Å². The van der Waals surface area contributed by atoms with E-state index >= 15 is 0 Å². The molecule has 0 radical (unpaired) electrons. The molecule has 2 atom stereocenters. The summed E-state index contributed by atoms with van der Waals surface area (Å²) in [5, 5.41) is 2.97. The molecule has 2 aliphatic heterocycles. The predicted molar refractivity (Wildman–Crippen MR) is 22.0 cm³/mol. The lowest BCUT2D eigenvalue weighted by Crippen LogP contribution is -2.20. The minimum Gasteiger partial charge on any atom is -0.255 e. The summed E-state index contributed by atoms with van der Waals surface area (Å²) in [5.74, 6) is 0. The lowest BCUT2D eigenvalue weighted by atomic mass is 10.5. The number of fused-ring (bicyclic) bond motifs is 2. The molecule has 1 N–H and O–H groups in total. The smallest absolute Gasteiger partial charge is 0.165 e. The lowest BCUT2D eigenvalue weighted by Gasteiger charge is -1.97. The van der Waals surface area contributed by atoms with Crippen molar-refractivity contribution in [3.63, 3.8) is 0 Å². The van der Waals surface area contributed by atoms with Gasteiger partial charge in [-0.2, -0.15) is 0 Å². The van der Waals surface area contributed by atoms with Crippen molar-refractivity contribution < 1.29 is 9.78 Å². The van der Waals surface area contributed by atoms with Crippen molar-refractivity contribution in [2.45, 2.75) is 12.5 Å². The zero-order chi connectivity index (χ0) is 4.69. The largest absolute Gasteiger partial charge is 0.255 e. The molecule has 3 nitrogen and oxygen atoms in total. The molecule has 0 amide bonds. The molecule has 0 saturated carbocycles. The Balaban J connectivity index is 2.27. The van der Waals surface area contributed by atoms with Gasteiger partial charge in [0.1, 0.15) is 0 Å². The van der Waals surface area contributed by atoms with Crippen molar-refractivity contribution in [2.75, 3.05) is 0 Å². The van der Waals surface area contributed by atoms with Crippen LogP contribution >= 0.6 is 0 Å². The fourth-order valence-corrected chi connectivity index (χ4v) is 0.714. The highest BCUT2D eigenvalue weighted by Gasteiger charge is 2.27. The second kappa shape index (κ2) is 1.06. The van der Waals surface area contributed by atoms with E-state index in [1.54, 1.807) is 0 Å². The lowest BCUT2D eigenvalue weighted by molar-refractivity contribution is -0.286. The van der Waals surface area contributed by atoms with Gasteiger partial charge in [0.15, 0.2) is 12.5 Å². The fraction of sp³-hybridized carbons (Fsp3) is 0.500. The van der Waals surface area contributed by atoms with E-state index in [0.717, 1.165) is 0 Å². The average molecular weight is 99.1 g/mol. The summed E-state index contributed by atoms with van der Waals surface area (Å²) in [7, 11) is 0. The first-order valence-electron chi connectivity index (χ1n) is 2.22. The third-order valence-corrected chi connectivity index (χ3v) is 1.05. The number of hydrogen-bond acceptors (Lipinski definition) is 3. The van der Waals surface area contributed by atoms with Crippen LogP contribution in [-0.4, -0.2) is 12.5 Å². The van der Waals surface area contributed by atoms with Crippen LogP contribution in [0.2, 0.25) is 0 Å². The highest BCUT2D eigenvalue weighted by atomic mass is 17.2. The Morgan fingerprint density at radius 3 is 1.86 bits per heavy atom. The van der Waals surface area contributed by atoms with E-state index in [2.05, 4.69) is 15.1 Å². The van der Waals surface area contributed by atoms with Gasteiger partial charge in [-0.05, 0) is 12.2 Å². The Labute approximate surface area is 40.8 Å². The molecule has 2 rings (SSSR count). The molecule has 0 aromatic rings. The van der Waals surface area contributed by atoms with Crippen molar-refractivity contribution in [2.24, 2.45) is 0 Å². The average Bonchev–Trinajstić information content (AvgIpc) is 2.22. The topological polar surface area (TPSA) is 30.5 Å². The van der Waals surface area contributed by atoms with E-state index < -0.39 is 0 Å². The van der Waals surface area contributed by atoms with E-state index in [4.69, 9.17) is 0 Å². The molecule has 7 heavy (non-hydrogen) atoms. The summed E-state index contributed by atoms with van der Waals surface area (Å²) in [4.78, 5) is 9.31. The summed E-state index contributed by atoms with van der Waals surface area (Å²) >= 11 is 0. The van der Waals surface area contributed by atoms with Gasteiger partial charge in [0.25, 0.3) is 0 Å². The third-order valence-electron chi connectivity index (χ3n) is 1.05. The van der Waals surface area contributed by atoms with Crippen LogP contribution in [0.25, 0.3) is 0 Å². The van der Waals surface area contributed by atoms with E-state index in [1.807, 2.05) is 12.2 Å². The fourth-order valence-electron chi connectivity index (χ4n) is 0.714. The van der Waals surface area contributed by atoms with Crippen LogP contribution in [0.3, 0.4) is 0 Å². The Kier molecular flexibility index (Phi) is 0.547. The Morgan fingerprint density at radius 2 is 1.71 bits per heavy atom. The quantitative estimate of drug-likeness (QED) is 0.336. The molecule has 0 aromatic carbocycles. The SMILES string of the molecule is C1=CC2NC1OO2. The van der Waals surface area contributed by atoms with Crippen LogP contribution in [0, 0.1) is 0 Å². The summed E-state index contributed by atoms with van der Waals surface area (Å²) in [6.45, 7) is 0. The van der Waals surface area contributed by atoms with Gasteiger partial charge in [0, 0.05) is 0 Å². The van der Waals surface area contributed by atoms with Crippen LogP contribution in [-0.2, 0) is 9.78 Å². The molecule has 3 heteroatoms. The van der Waals surface area contributed by atoms with Crippen LogP contribution in [0.15, 0.2) is 12.2 Å². The molecule has 2 bridgehead atoms. The standard InChI is InChI=1S/C4H5NO2/c1-2-4-5-3(1)6-7-4/h1-5H. The highest BCUT2D eigenvalue weighted by molar-refractivity contribution is 5.02. The van der Waals surface area contributed by atoms with E-state index in [9.17, 15) is 0 Å². The Hall–Kier alpha value is -0.380. The number of rotatable bonds is 0. The molecule has 2 heterocycles. The van der Waals surface area contributed by atoms with E-state index in [1.165, 1.54) is 0 Å². The summed E-state index contributed by atoms with van der Waals surface area (Å²) in [5.41, 5.74) is 0. The Morgan fingerprint density at radius 1 is 1.14 bits per heavy atom. The van der Waals surface area contributed by atoms with Crippen LogP contribution in [0.5, 0.6) is 0 Å². The summed E-state index contributed by atoms with van der Waals surface area (Å²) in [6, 6.07) is 0. The predicted octanol–water partition coefficient (Wildman–Crippen LogP) is -0.240. The van der Waals surface area contributed by atoms with E-state index in [-0.39, 0.29) is 12.5 Å². The van der Waals surface area contributed by atoms with Gasteiger partial charge in [-0.15, -0.1) is 0 Å². The van der Waals surface area contributed by atoms with Gasteiger partial charge < -0.3 is 0 Å². The Bertz CT molecular complexity index is 100. The molecular weight excluding hydrogens is 94.0 g/mol. The van der Waals surface area contributed by atoms with Crippen LogP contribution < -0.4 is 5.32 Å². The maximum Gasteiger partial charge on any atom is 0.165 e. The summed E-state index contributed by atoms with van der Waals surface area (Å²) in [6.07, 6.45) is 3.89. The van der Waals surface area contributed by atoms with Gasteiger partial charge >= 0.3 is 0 Å². The molecule has 38 valence electrons. The number of nitrogens with one attached hydrogen (secondary N) is 1. The van der Waals surface area contributed by atoms with Crippen LogP contribution in [0.4, 0.5) is 0 Å². The maximum absolute atomic E-state index is 4.65. The molecule has 2 unspecified atom stereocenters. The van der Waals surface area contributed by atoms with Crippen molar-refractivity contribution in [3.8, 4) is 0 Å². The van der Waals surface area contributed by atoms with Gasteiger partial charge in [-0.25, -0.2) is 9.78 Å². The molecule has 0 aliphatic carbocycles. The first-order valence-corrected chi connectivity index (χ1v) is 2.22. The van der Waals surface area contributed by atoms with Crippen molar-refractivity contribution in [1.29, 1.82) is 0 Å². The van der Waals surface area contributed by atoms with Crippen molar-refractivity contribution in [1.82, 2.24) is 5.32 Å². The minimum absolute atomic E-state index is 0.0185. The summed E-state index contributed by atoms with van der Waals surface area (Å²) < 4.78 is 0.